The Labute approximate surface area is 117 Å². The molecule has 0 fully saturated rings. The topological polar surface area (TPSA) is 78.9 Å². The minimum absolute atomic E-state index is 0.108. The fraction of sp³-hybridized carbons (Fsp3) is 0.429. The number of carbonyl (C=O) groups excluding carboxylic acids is 1. The normalized spacial score (nSPS) is 16.0. The van der Waals surface area contributed by atoms with E-state index in [-0.39, 0.29) is 19.0 Å². The van der Waals surface area contributed by atoms with Crippen LogP contribution in [0.4, 0.5) is 5.69 Å². The lowest BCUT2D eigenvalue weighted by molar-refractivity contribution is -0.137. The highest BCUT2D eigenvalue weighted by Crippen LogP contribution is 2.36. The number of hydrogen-bond donors (Lipinski definition) is 2. The zero-order valence-corrected chi connectivity index (χ0v) is 11.5. The van der Waals surface area contributed by atoms with E-state index in [9.17, 15) is 9.59 Å². The van der Waals surface area contributed by atoms with Crippen LogP contribution in [0.3, 0.4) is 0 Å². The zero-order valence-electron chi connectivity index (χ0n) is 11.5. The Bertz CT molecular complexity index is 528. The SMILES string of the molecule is CC1(C)CN(CC(=O)NCC(=O)O)c2ccccc2O1. The van der Waals surface area contributed by atoms with Crippen LogP contribution >= 0.6 is 0 Å². The van der Waals surface area contributed by atoms with Gasteiger partial charge in [0, 0.05) is 0 Å². The highest BCUT2D eigenvalue weighted by Gasteiger charge is 2.32. The van der Waals surface area contributed by atoms with Crippen molar-refractivity contribution in [2.24, 2.45) is 0 Å². The summed E-state index contributed by atoms with van der Waals surface area (Å²) in [7, 11) is 0. The molecule has 0 aliphatic carbocycles. The molecule has 0 saturated carbocycles. The molecule has 1 aliphatic heterocycles. The van der Waals surface area contributed by atoms with E-state index in [1.165, 1.54) is 0 Å². The molecule has 2 rings (SSSR count). The highest BCUT2D eigenvalue weighted by atomic mass is 16.5. The molecule has 1 aromatic carbocycles. The van der Waals surface area contributed by atoms with Gasteiger partial charge in [0.2, 0.25) is 5.91 Å². The second kappa shape index (κ2) is 5.40. The van der Waals surface area contributed by atoms with Gasteiger partial charge in [-0.05, 0) is 26.0 Å². The van der Waals surface area contributed by atoms with Crippen LogP contribution in [-0.4, -0.2) is 42.2 Å². The third-order valence-electron chi connectivity index (χ3n) is 2.94. The van der Waals surface area contributed by atoms with Crippen molar-refractivity contribution in [2.45, 2.75) is 19.4 Å². The average molecular weight is 278 g/mol. The number of benzene rings is 1. The summed E-state index contributed by atoms with van der Waals surface area (Å²) in [4.78, 5) is 24.1. The van der Waals surface area contributed by atoms with Crippen molar-refractivity contribution < 1.29 is 19.4 Å². The lowest BCUT2D eigenvalue weighted by atomic mass is 10.1. The molecular weight excluding hydrogens is 260 g/mol. The summed E-state index contributed by atoms with van der Waals surface area (Å²) < 4.78 is 5.86. The molecule has 1 aliphatic rings. The fourth-order valence-electron chi connectivity index (χ4n) is 2.22. The smallest absolute Gasteiger partial charge is 0.322 e. The monoisotopic (exact) mass is 278 g/mol. The van der Waals surface area contributed by atoms with Crippen molar-refractivity contribution in [2.75, 3.05) is 24.5 Å². The number of hydrogen-bond acceptors (Lipinski definition) is 4. The van der Waals surface area contributed by atoms with Crippen LogP contribution in [0.1, 0.15) is 13.8 Å². The molecule has 2 N–H and O–H groups in total. The Balaban J connectivity index is 2.11. The molecule has 0 aromatic heterocycles. The molecule has 0 spiro atoms. The van der Waals surface area contributed by atoms with E-state index in [1.54, 1.807) is 0 Å². The molecule has 20 heavy (non-hydrogen) atoms. The van der Waals surface area contributed by atoms with Gasteiger partial charge in [-0.15, -0.1) is 0 Å². The number of carboxylic acids is 1. The lowest BCUT2D eigenvalue weighted by Crippen LogP contribution is -2.50. The van der Waals surface area contributed by atoms with Gasteiger partial charge >= 0.3 is 5.97 Å². The number of ether oxygens (including phenoxy) is 1. The minimum Gasteiger partial charge on any atom is -0.484 e. The second-order valence-electron chi connectivity index (χ2n) is 5.36. The predicted octanol–water partition coefficient (Wildman–Crippen LogP) is 0.865. The molecule has 1 heterocycles. The summed E-state index contributed by atoms with van der Waals surface area (Å²) in [6, 6.07) is 7.50. The number of aliphatic carboxylic acids is 1. The zero-order chi connectivity index (χ0) is 14.8. The Morgan fingerprint density at radius 3 is 2.80 bits per heavy atom. The third-order valence-corrected chi connectivity index (χ3v) is 2.94. The van der Waals surface area contributed by atoms with Crippen molar-refractivity contribution in [1.29, 1.82) is 0 Å². The number of nitrogens with zero attached hydrogens (tertiary/aromatic N) is 1. The molecule has 1 amide bonds. The molecule has 0 saturated heterocycles. The summed E-state index contributed by atoms with van der Waals surface area (Å²) in [6.07, 6.45) is 0. The van der Waals surface area contributed by atoms with Gasteiger partial charge in [0.15, 0.2) is 0 Å². The molecular formula is C14H18N2O4. The van der Waals surface area contributed by atoms with Gasteiger partial charge < -0.3 is 20.1 Å². The van der Waals surface area contributed by atoms with E-state index in [4.69, 9.17) is 9.84 Å². The molecule has 1 aromatic rings. The Kier molecular flexibility index (Phi) is 3.83. The summed E-state index contributed by atoms with van der Waals surface area (Å²) in [6.45, 7) is 4.20. The maximum atomic E-state index is 11.8. The number of amides is 1. The summed E-state index contributed by atoms with van der Waals surface area (Å²) in [5.41, 5.74) is 0.443. The molecule has 108 valence electrons. The first-order chi connectivity index (χ1) is 9.37. The first-order valence-electron chi connectivity index (χ1n) is 6.39. The molecule has 6 nitrogen and oxygen atoms in total. The third kappa shape index (κ3) is 3.40. The van der Waals surface area contributed by atoms with Gasteiger partial charge in [-0.1, -0.05) is 12.1 Å². The molecule has 0 radical (unpaired) electrons. The molecule has 0 unspecified atom stereocenters. The number of rotatable bonds is 4. The summed E-state index contributed by atoms with van der Waals surface area (Å²) in [5.74, 6) is -0.643. The van der Waals surface area contributed by atoms with Gasteiger partial charge in [0.05, 0.1) is 18.8 Å². The van der Waals surface area contributed by atoms with Crippen LogP contribution in [0.15, 0.2) is 24.3 Å². The number of nitrogens with one attached hydrogen (secondary N) is 1. The highest BCUT2D eigenvalue weighted by molar-refractivity contribution is 5.85. The summed E-state index contributed by atoms with van der Waals surface area (Å²) in [5, 5.41) is 10.9. The minimum atomic E-state index is -1.05. The van der Waals surface area contributed by atoms with Gasteiger partial charge in [-0.3, -0.25) is 9.59 Å². The largest absolute Gasteiger partial charge is 0.484 e. The first-order valence-corrected chi connectivity index (χ1v) is 6.39. The Morgan fingerprint density at radius 2 is 2.10 bits per heavy atom. The van der Waals surface area contributed by atoms with Crippen LogP contribution in [0, 0.1) is 0 Å². The average Bonchev–Trinajstić information content (AvgIpc) is 2.35. The van der Waals surface area contributed by atoms with Crippen LogP contribution in [-0.2, 0) is 9.59 Å². The molecule has 0 atom stereocenters. The quantitative estimate of drug-likeness (QED) is 0.854. The van der Waals surface area contributed by atoms with Gasteiger partial charge in [-0.2, -0.15) is 0 Å². The van der Waals surface area contributed by atoms with Crippen molar-refractivity contribution in [1.82, 2.24) is 5.32 Å². The second-order valence-corrected chi connectivity index (χ2v) is 5.36. The van der Waals surface area contributed by atoms with Crippen molar-refractivity contribution in [3.63, 3.8) is 0 Å². The van der Waals surface area contributed by atoms with Crippen molar-refractivity contribution >= 4 is 17.6 Å². The molecule has 0 bridgehead atoms. The van der Waals surface area contributed by atoms with E-state index < -0.39 is 11.6 Å². The van der Waals surface area contributed by atoms with Crippen LogP contribution in [0.25, 0.3) is 0 Å². The Morgan fingerprint density at radius 1 is 1.40 bits per heavy atom. The number of para-hydroxylation sites is 2. The van der Waals surface area contributed by atoms with Crippen molar-refractivity contribution in [3.05, 3.63) is 24.3 Å². The van der Waals surface area contributed by atoms with Crippen LogP contribution in [0.2, 0.25) is 0 Å². The predicted molar refractivity (Wildman–Crippen MR) is 74.0 cm³/mol. The van der Waals surface area contributed by atoms with E-state index in [2.05, 4.69) is 5.32 Å². The maximum Gasteiger partial charge on any atom is 0.322 e. The molecule has 6 heteroatoms. The number of carboxylic acid groups (broad SMARTS) is 1. The summed E-state index contributed by atoms with van der Waals surface area (Å²) >= 11 is 0. The van der Waals surface area contributed by atoms with E-state index in [0.29, 0.717) is 6.54 Å². The van der Waals surface area contributed by atoms with Gasteiger partial charge in [-0.25, -0.2) is 0 Å². The maximum absolute atomic E-state index is 11.8. The fourth-order valence-corrected chi connectivity index (χ4v) is 2.22. The number of fused-ring (bicyclic) bond motifs is 1. The van der Waals surface area contributed by atoms with E-state index in [0.717, 1.165) is 11.4 Å². The Hall–Kier alpha value is -2.24. The van der Waals surface area contributed by atoms with E-state index >= 15 is 0 Å². The van der Waals surface area contributed by atoms with Gasteiger partial charge in [0.1, 0.15) is 17.9 Å². The van der Waals surface area contributed by atoms with Crippen molar-refractivity contribution in [3.8, 4) is 5.75 Å². The standard InChI is InChI=1S/C14H18N2O4/c1-14(2)9-16(8-12(17)15-7-13(18)19)10-5-3-4-6-11(10)20-14/h3-6H,7-9H2,1-2H3,(H,15,17)(H,18,19). The van der Waals surface area contributed by atoms with Crippen LogP contribution in [0.5, 0.6) is 5.75 Å². The number of anilines is 1. The first kappa shape index (κ1) is 14.2. The lowest BCUT2D eigenvalue weighted by Gasteiger charge is -2.40. The number of carbonyl (C=O) groups is 2. The van der Waals surface area contributed by atoms with Crippen LogP contribution < -0.4 is 15.0 Å². The van der Waals surface area contributed by atoms with E-state index in [1.807, 2.05) is 43.0 Å². The van der Waals surface area contributed by atoms with Gasteiger partial charge in [0.25, 0.3) is 0 Å².